The molecule has 1 heterocycles. The zero-order valence-corrected chi connectivity index (χ0v) is 11.9. The molecule has 1 aromatic heterocycles. The molecule has 102 valence electrons. The van der Waals surface area contributed by atoms with E-state index in [9.17, 15) is 0 Å². The van der Waals surface area contributed by atoms with Gasteiger partial charge in [0.2, 0.25) is 0 Å². The summed E-state index contributed by atoms with van der Waals surface area (Å²) < 4.78 is 0. The highest BCUT2D eigenvalue weighted by molar-refractivity contribution is 5.82. The van der Waals surface area contributed by atoms with Crippen molar-refractivity contribution in [2.45, 2.75) is 45.7 Å². The number of para-hydroxylation sites is 1. The zero-order chi connectivity index (χ0) is 13.2. The van der Waals surface area contributed by atoms with Crippen LogP contribution in [-0.2, 0) is 6.54 Å². The fraction of sp³-hybridized carbons (Fsp3) is 0.529. The van der Waals surface area contributed by atoms with Crippen LogP contribution < -0.4 is 5.32 Å². The Bertz CT molecular complexity index is 543. The molecule has 1 fully saturated rings. The Morgan fingerprint density at radius 2 is 2.05 bits per heavy atom. The molecule has 0 radical (unpaired) electrons. The van der Waals surface area contributed by atoms with Crippen LogP contribution in [0.3, 0.4) is 0 Å². The highest BCUT2D eigenvalue weighted by atomic mass is 14.9. The van der Waals surface area contributed by atoms with Crippen molar-refractivity contribution < 1.29 is 0 Å². The Morgan fingerprint density at radius 1 is 1.16 bits per heavy atom. The number of aromatic amines is 1. The van der Waals surface area contributed by atoms with Crippen LogP contribution in [0, 0.1) is 11.8 Å². The number of hydrogen-bond donors (Lipinski definition) is 2. The Morgan fingerprint density at radius 3 is 2.89 bits per heavy atom. The molecular formula is C17H24N2. The van der Waals surface area contributed by atoms with E-state index in [1.54, 1.807) is 0 Å². The van der Waals surface area contributed by atoms with Gasteiger partial charge in [-0.3, -0.25) is 0 Å². The molecule has 0 amide bonds. The smallest absolute Gasteiger partial charge is 0.0499 e. The normalized spacial score (nSPS) is 27.8. The molecule has 2 aromatic rings. The van der Waals surface area contributed by atoms with Gasteiger partial charge in [-0.05, 0) is 48.1 Å². The molecule has 2 nitrogen and oxygen atoms in total. The van der Waals surface area contributed by atoms with Gasteiger partial charge < -0.3 is 10.3 Å². The first-order chi connectivity index (χ1) is 9.24. The van der Waals surface area contributed by atoms with Gasteiger partial charge in [-0.2, -0.15) is 0 Å². The highest BCUT2D eigenvalue weighted by Crippen LogP contribution is 2.29. The van der Waals surface area contributed by atoms with Gasteiger partial charge in [-0.15, -0.1) is 0 Å². The van der Waals surface area contributed by atoms with E-state index in [2.05, 4.69) is 48.4 Å². The molecular weight excluding hydrogens is 232 g/mol. The van der Waals surface area contributed by atoms with Crippen LogP contribution in [0.25, 0.3) is 10.9 Å². The van der Waals surface area contributed by atoms with Crippen molar-refractivity contribution in [2.75, 3.05) is 0 Å². The van der Waals surface area contributed by atoms with Crippen molar-refractivity contribution in [3.63, 3.8) is 0 Å². The third kappa shape index (κ3) is 2.69. The van der Waals surface area contributed by atoms with E-state index < -0.39 is 0 Å². The van der Waals surface area contributed by atoms with Crippen LogP contribution in [0.15, 0.2) is 30.5 Å². The van der Waals surface area contributed by atoms with Crippen molar-refractivity contribution in [3.05, 3.63) is 36.0 Å². The third-order valence-corrected chi connectivity index (χ3v) is 4.85. The predicted molar refractivity (Wildman–Crippen MR) is 81.1 cm³/mol. The molecule has 2 heteroatoms. The number of nitrogens with one attached hydrogen (secondary N) is 2. The van der Waals surface area contributed by atoms with E-state index in [0.29, 0.717) is 6.04 Å². The first-order valence-electron chi connectivity index (χ1n) is 7.52. The quantitative estimate of drug-likeness (QED) is 0.850. The lowest BCUT2D eigenvalue weighted by Gasteiger charge is -2.32. The monoisotopic (exact) mass is 256 g/mol. The van der Waals surface area contributed by atoms with Gasteiger partial charge in [0.05, 0.1) is 0 Å². The second-order valence-corrected chi connectivity index (χ2v) is 6.20. The van der Waals surface area contributed by atoms with E-state index in [1.165, 1.54) is 35.7 Å². The highest BCUT2D eigenvalue weighted by Gasteiger charge is 2.24. The Hall–Kier alpha value is -1.28. The van der Waals surface area contributed by atoms with Gasteiger partial charge in [0.15, 0.2) is 0 Å². The molecule has 0 bridgehead atoms. The number of aromatic nitrogens is 1. The standard InChI is InChI=1S/C17H24N2/c1-12-6-7-16(10-13(12)2)19-11-15-5-3-4-14-8-9-18-17(14)15/h3-5,8-9,12-13,16,18-19H,6-7,10-11H2,1-2H3. The summed E-state index contributed by atoms with van der Waals surface area (Å²) in [5, 5.41) is 5.06. The van der Waals surface area contributed by atoms with Crippen molar-refractivity contribution in [1.82, 2.24) is 10.3 Å². The molecule has 3 unspecified atom stereocenters. The summed E-state index contributed by atoms with van der Waals surface area (Å²) in [6, 6.07) is 9.37. The van der Waals surface area contributed by atoms with Crippen molar-refractivity contribution in [3.8, 4) is 0 Å². The van der Waals surface area contributed by atoms with Crippen LogP contribution >= 0.6 is 0 Å². The van der Waals surface area contributed by atoms with Crippen LogP contribution in [0.4, 0.5) is 0 Å². The van der Waals surface area contributed by atoms with Gasteiger partial charge in [0.25, 0.3) is 0 Å². The lowest BCUT2D eigenvalue weighted by Crippen LogP contribution is -2.35. The van der Waals surface area contributed by atoms with E-state index in [-0.39, 0.29) is 0 Å². The minimum Gasteiger partial charge on any atom is -0.361 e. The first-order valence-corrected chi connectivity index (χ1v) is 7.52. The second kappa shape index (κ2) is 5.38. The number of fused-ring (bicyclic) bond motifs is 1. The molecule has 0 saturated heterocycles. The zero-order valence-electron chi connectivity index (χ0n) is 11.9. The lowest BCUT2D eigenvalue weighted by atomic mass is 9.79. The minimum atomic E-state index is 0.691. The van der Waals surface area contributed by atoms with Gasteiger partial charge in [-0.25, -0.2) is 0 Å². The number of H-pyrrole nitrogens is 1. The van der Waals surface area contributed by atoms with Gasteiger partial charge >= 0.3 is 0 Å². The molecule has 1 aliphatic rings. The lowest BCUT2D eigenvalue weighted by molar-refractivity contribution is 0.225. The Balaban J connectivity index is 1.65. The fourth-order valence-electron chi connectivity index (χ4n) is 3.28. The summed E-state index contributed by atoms with van der Waals surface area (Å²) in [7, 11) is 0. The van der Waals surface area contributed by atoms with Crippen LogP contribution in [0.1, 0.15) is 38.7 Å². The fourth-order valence-corrected chi connectivity index (χ4v) is 3.28. The summed E-state index contributed by atoms with van der Waals surface area (Å²) in [6.07, 6.45) is 6.04. The van der Waals surface area contributed by atoms with Gasteiger partial charge in [0, 0.05) is 24.3 Å². The first kappa shape index (κ1) is 12.7. The summed E-state index contributed by atoms with van der Waals surface area (Å²) in [5.74, 6) is 1.75. The number of benzene rings is 1. The SMILES string of the molecule is CC1CCC(NCc2cccc3cc[nH]c23)CC1C. The average Bonchev–Trinajstić information content (AvgIpc) is 2.89. The summed E-state index contributed by atoms with van der Waals surface area (Å²) >= 11 is 0. The van der Waals surface area contributed by atoms with E-state index in [0.717, 1.165) is 18.4 Å². The number of rotatable bonds is 3. The van der Waals surface area contributed by atoms with E-state index in [1.807, 2.05) is 6.20 Å². The second-order valence-electron chi connectivity index (χ2n) is 6.20. The molecule has 0 aliphatic heterocycles. The van der Waals surface area contributed by atoms with E-state index in [4.69, 9.17) is 0 Å². The maximum absolute atomic E-state index is 3.75. The van der Waals surface area contributed by atoms with Crippen LogP contribution in [0.2, 0.25) is 0 Å². The maximum Gasteiger partial charge on any atom is 0.0499 e. The largest absolute Gasteiger partial charge is 0.361 e. The Labute approximate surface area is 115 Å². The molecule has 1 aromatic carbocycles. The van der Waals surface area contributed by atoms with Gasteiger partial charge in [-0.1, -0.05) is 32.0 Å². The van der Waals surface area contributed by atoms with Crippen LogP contribution in [0.5, 0.6) is 0 Å². The molecule has 1 saturated carbocycles. The summed E-state index contributed by atoms with van der Waals surface area (Å²) in [6.45, 7) is 5.76. The molecule has 3 rings (SSSR count). The average molecular weight is 256 g/mol. The Kier molecular flexibility index (Phi) is 3.61. The molecule has 3 atom stereocenters. The minimum absolute atomic E-state index is 0.691. The van der Waals surface area contributed by atoms with Crippen molar-refractivity contribution >= 4 is 10.9 Å². The van der Waals surface area contributed by atoms with E-state index >= 15 is 0 Å². The summed E-state index contributed by atoms with van der Waals surface area (Å²) in [4.78, 5) is 3.35. The van der Waals surface area contributed by atoms with Crippen molar-refractivity contribution in [1.29, 1.82) is 0 Å². The van der Waals surface area contributed by atoms with Gasteiger partial charge in [0.1, 0.15) is 0 Å². The molecule has 1 aliphatic carbocycles. The van der Waals surface area contributed by atoms with Crippen LogP contribution in [-0.4, -0.2) is 11.0 Å². The molecule has 19 heavy (non-hydrogen) atoms. The predicted octanol–water partition coefficient (Wildman–Crippen LogP) is 4.08. The third-order valence-electron chi connectivity index (χ3n) is 4.85. The molecule has 2 N–H and O–H groups in total. The van der Waals surface area contributed by atoms with Crippen molar-refractivity contribution in [2.24, 2.45) is 11.8 Å². The number of hydrogen-bond acceptors (Lipinski definition) is 1. The molecule has 0 spiro atoms. The summed E-state index contributed by atoms with van der Waals surface area (Å²) in [5.41, 5.74) is 2.67. The maximum atomic E-state index is 3.75. The topological polar surface area (TPSA) is 27.8 Å².